The number of pyridine rings is 1. The number of nitrogens with one attached hydrogen (secondary N) is 1. The monoisotopic (exact) mass is 607 g/mol. The van der Waals surface area contributed by atoms with Crippen LogP contribution >= 0.6 is 43.5 Å². The number of amides is 1. The largest absolute Gasteiger partial charge is 0.479 e. The second-order valence-electron chi connectivity index (χ2n) is 9.54. The van der Waals surface area contributed by atoms with Gasteiger partial charge >= 0.3 is 0 Å². The number of nitrogens with zero attached hydrogens (tertiary/aromatic N) is 2. The van der Waals surface area contributed by atoms with E-state index in [9.17, 15) is 4.79 Å². The van der Waals surface area contributed by atoms with Gasteiger partial charge in [-0.3, -0.25) is 9.78 Å². The van der Waals surface area contributed by atoms with E-state index < -0.39 is 0 Å². The van der Waals surface area contributed by atoms with Crippen LogP contribution in [0.15, 0.2) is 45.8 Å². The highest BCUT2D eigenvalue weighted by Crippen LogP contribution is 2.46. The highest BCUT2D eigenvalue weighted by Gasteiger charge is 2.36. The highest BCUT2D eigenvalue weighted by molar-refractivity contribution is 9.10. The van der Waals surface area contributed by atoms with Crippen molar-refractivity contribution in [3.05, 3.63) is 73.2 Å². The maximum Gasteiger partial charge on any atom is 0.223 e. The van der Waals surface area contributed by atoms with Crippen LogP contribution in [0.2, 0.25) is 5.02 Å². The first kappa shape index (κ1) is 24.1. The van der Waals surface area contributed by atoms with E-state index in [0.717, 1.165) is 59.3 Å². The summed E-state index contributed by atoms with van der Waals surface area (Å²) in [5.41, 5.74) is 5.07. The summed E-state index contributed by atoms with van der Waals surface area (Å²) >= 11 is 13.9. The summed E-state index contributed by atoms with van der Waals surface area (Å²) in [6.45, 7) is 6.64. The van der Waals surface area contributed by atoms with Crippen molar-refractivity contribution in [1.29, 1.82) is 0 Å². The van der Waals surface area contributed by atoms with Crippen LogP contribution in [0.3, 0.4) is 0 Å². The second kappa shape index (κ2) is 10.2. The van der Waals surface area contributed by atoms with Gasteiger partial charge in [-0.25, -0.2) is 0 Å². The van der Waals surface area contributed by atoms with Crippen LogP contribution < -0.4 is 5.32 Å². The Morgan fingerprint density at radius 2 is 1.97 bits per heavy atom. The number of benzene rings is 1. The summed E-state index contributed by atoms with van der Waals surface area (Å²) in [6, 6.07) is 6.33. The molecule has 1 amide bonds. The number of likely N-dealkylation sites (tertiary alicyclic amines) is 1. The smallest absolute Gasteiger partial charge is 0.223 e. The number of hydrogen-bond donors (Lipinski definition) is 1. The molecule has 0 bridgehead atoms. The van der Waals surface area contributed by atoms with Crippen molar-refractivity contribution in [3.8, 4) is 0 Å². The highest BCUT2D eigenvalue weighted by atomic mass is 79.9. The molecule has 180 valence electrons. The van der Waals surface area contributed by atoms with Crippen molar-refractivity contribution in [2.75, 3.05) is 26.2 Å². The van der Waals surface area contributed by atoms with Gasteiger partial charge in [0.15, 0.2) is 5.88 Å². The number of rotatable bonds is 3. The van der Waals surface area contributed by atoms with Gasteiger partial charge in [0.1, 0.15) is 0 Å². The number of fused-ring (bicyclic) bond motifs is 2. The molecule has 2 saturated heterocycles. The number of carbonyl (C=O) groups excluding carboxylic acids is 1. The number of piperidine rings is 1. The van der Waals surface area contributed by atoms with E-state index in [-0.39, 0.29) is 17.7 Å². The zero-order valence-electron chi connectivity index (χ0n) is 19.0. The fourth-order valence-corrected chi connectivity index (χ4v) is 7.11. The maximum atomic E-state index is 13.0. The molecule has 3 heterocycles. The van der Waals surface area contributed by atoms with E-state index in [1.165, 1.54) is 22.4 Å². The van der Waals surface area contributed by atoms with Gasteiger partial charge in [-0.05, 0) is 89.0 Å². The summed E-state index contributed by atoms with van der Waals surface area (Å²) in [7, 11) is 0. The number of hydrogen-bond acceptors (Lipinski definition) is 4. The lowest BCUT2D eigenvalue weighted by atomic mass is 9.76. The molecule has 3 aliphatic rings. The van der Waals surface area contributed by atoms with Crippen LogP contribution in [0.4, 0.5) is 0 Å². The van der Waals surface area contributed by atoms with Crippen molar-refractivity contribution in [3.63, 3.8) is 0 Å². The molecule has 1 aromatic heterocycles. The Labute approximate surface area is 222 Å². The van der Waals surface area contributed by atoms with Gasteiger partial charge in [-0.2, -0.15) is 0 Å². The average Bonchev–Trinajstić information content (AvgIpc) is 2.97. The molecular weight excluding hydrogens is 582 g/mol. The Morgan fingerprint density at radius 3 is 2.71 bits per heavy atom. The summed E-state index contributed by atoms with van der Waals surface area (Å²) in [6.07, 6.45) is 6.22. The minimum absolute atomic E-state index is 0.187. The summed E-state index contributed by atoms with van der Waals surface area (Å²) in [4.78, 5) is 20.0. The van der Waals surface area contributed by atoms with Crippen LogP contribution in [-0.2, 0) is 22.4 Å². The van der Waals surface area contributed by atoms with Crippen molar-refractivity contribution in [1.82, 2.24) is 15.2 Å². The molecule has 0 spiro atoms. The van der Waals surface area contributed by atoms with Crippen molar-refractivity contribution in [2.24, 2.45) is 11.8 Å². The van der Waals surface area contributed by atoms with E-state index in [2.05, 4.69) is 55.9 Å². The standard InChI is InChI=1S/C26H28Br2ClN3O2/c1-15-30-12-16(14-34-15)8-23(33)32-6-4-17(5-7-32)25-24-18(10-21(29)11-22(24)28)2-3-19-9-20(27)13-31-26(19)25/h9-11,13,16-17,25,30H,1-8,12,14H2. The first-order chi connectivity index (χ1) is 16.4. The van der Waals surface area contributed by atoms with Gasteiger partial charge < -0.3 is 15.0 Å². The second-order valence-corrected chi connectivity index (χ2v) is 11.7. The lowest BCUT2D eigenvalue weighted by Crippen LogP contribution is -2.42. The summed E-state index contributed by atoms with van der Waals surface area (Å²) in [5, 5.41) is 3.88. The number of carbonyl (C=O) groups is 1. The Hall–Kier alpha value is -1.57. The zero-order chi connectivity index (χ0) is 23.8. The van der Waals surface area contributed by atoms with Gasteiger partial charge in [-0.15, -0.1) is 0 Å². The topological polar surface area (TPSA) is 54.5 Å². The number of aromatic nitrogens is 1. The quantitative estimate of drug-likeness (QED) is 0.476. The molecule has 1 aromatic carbocycles. The number of ether oxygens (including phenoxy) is 1. The van der Waals surface area contributed by atoms with Crippen LogP contribution in [-0.4, -0.2) is 42.0 Å². The SMILES string of the molecule is C=C1NCC(CC(=O)N2CCC(C3c4ncc(Br)cc4CCc4cc(Cl)cc(Br)c43)CC2)CO1. The first-order valence-electron chi connectivity index (χ1n) is 11.8. The number of halogens is 3. The zero-order valence-corrected chi connectivity index (χ0v) is 22.9. The molecule has 1 N–H and O–H groups in total. The molecule has 2 aliphatic heterocycles. The molecule has 0 saturated carbocycles. The molecule has 2 atom stereocenters. The fraction of sp³-hybridized carbons (Fsp3) is 0.462. The third-order valence-electron chi connectivity index (χ3n) is 7.33. The minimum Gasteiger partial charge on any atom is -0.479 e. The summed E-state index contributed by atoms with van der Waals surface area (Å²) < 4.78 is 7.55. The minimum atomic E-state index is 0.187. The lowest BCUT2D eigenvalue weighted by Gasteiger charge is -2.38. The van der Waals surface area contributed by atoms with E-state index >= 15 is 0 Å². The molecule has 34 heavy (non-hydrogen) atoms. The van der Waals surface area contributed by atoms with E-state index in [4.69, 9.17) is 21.3 Å². The maximum absolute atomic E-state index is 13.0. The Morgan fingerprint density at radius 1 is 1.21 bits per heavy atom. The van der Waals surface area contributed by atoms with Crippen molar-refractivity contribution < 1.29 is 9.53 Å². The molecule has 5 nitrogen and oxygen atoms in total. The summed E-state index contributed by atoms with van der Waals surface area (Å²) in [5.74, 6) is 1.61. The molecule has 5 rings (SSSR count). The normalized spacial score (nSPS) is 22.8. The average molecular weight is 610 g/mol. The van der Waals surface area contributed by atoms with Gasteiger partial charge in [0, 0.05) is 58.1 Å². The molecule has 2 aromatic rings. The van der Waals surface area contributed by atoms with Gasteiger partial charge in [0.2, 0.25) is 5.91 Å². The third kappa shape index (κ3) is 5.02. The fourth-order valence-electron chi connectivity index (χ4n) is 5.61. The van der Waals surface area contributed by atoms with Gasteiger partial charge in [0.05, 0.1) is 12.3 Å². The van der Waals surface area contributed by atoms with Crippen LogP contribution in [0.25, 0.3) is 0 Å². The van der Waals surface area contributed by atoms with Crippen molar-refractivity contribution >= 4 is 49.4 Å². The van der Waals surface area contributed by atoms with Crippen LogP contribution in [0, 0.1) is 11.8 Å². The third-order valence-corrected chi connectivity index (χ3v) is 8.63. The van der Waals surface area contributed by atoms with Gasteiger partial charge in [-0.1, -0.05) is 27.5 Å². The molecular formula is C26H28Br2ClN3O2. The molecule has 0 radical (unpaired) electrons. The van der Waals surface area contributed by atoms with Crippen LogP contribution in [0.1, 0.15) is 47.6 Å². The molecule has 2 unspecified atom stereocenters. The van der Waals surface area contributed by atoms with Crippen molar-refractivity contribution in [2.45, 2.75) is 38.0 Å². The first-order valence-corrected chi connectivity index (χ1v) is 13.8. The Kier molecular flexibility index (Phi) is 7.24. The van der Waals surface area contributed by atoms with E-state index in [0.29, 0.717) is 24.8 Å². The van der Waals surface area contributed by atoms with Gasteiger partial charge in [0.25, 0.3) is 0 Å². The molecule has 8 heteroatoms. The van der Waals surface area contributed by atoms with E-state index in [1.807, 2.05) is 17.2 Å². The van der Waals surface area contributed by atoms with E-state index in [1.54, 1.807) is 0 Å². The predicted octanol–water partition coefficient (Wildman–Crippen LogP) is 5.83. The Balaban J connectivity index is 1.36. The number of aryl methyl sites for hydroxylation is 2. The lowest BCUT2D eigenvalue weighted by molar-refractivity contribution is -0.134. The Bertz CT molecular complexity index is 1110. The predicted molar refractivity (Wildman–Crippen MR) is 141 cm³/mol. The van der Waals surface area contributed by atoms with Crippen LogP contribution in [0.5, 0.6) is 0 Å². The molecule has 1 aliphatic carbocycles. The molecule has 2 fully saturated rings.